The first-order valence-corrected chi connectivity index (χ1v) is 5.95. The molecule has 0 unspecified atom stereocenters. The normalized spacial score (nSPS) is 16.4. The van der Waals surface area contributed by atoms with E-state index in [0.29, 0.717) is 17.9 Å². The van der Waals surface area contributed by atoms with E-state index in [1.165, 1.54) is 0 Å². The van der Waals surface area contributed by atoms with Crippen LogP contribution in [0.3, 0.4) is 0 Å². The lowest BCUT2D eigenvalue weighted by molar-refractivity contribution is 0.191. The van der Waals surface area contributed by atoms with Crippen molar-refractivity contribution in [3.8, 4) is 11.8 Å². The van der Waals surface area contributed by atoms with Gasteiger partial charge in [-0.15, -0.1) is 0 Å². The molecule has 2 rings (SSSR count). The summed E-state index contributed by atoms with van der Waals surface area (Å²) in [6.07, 6.45) is 0. The lowest BCUT2D eigenvalue weighted by atomic mass is 10.2. The van der Waals surface area contributed by atoms with E-state index in [9.17, 15) is 0 Å². The van der Waals surface area contributed by atoms with Gasteiger partial charge in [0.1, 0.15) is 18.4 Å². The van der Waals surface area contributed by atoms with Crippen molar-refractivity contribution < 1.29 is 4.74 Å². The third kappa shape index (κ3) is 3.45. The zero-order valence-corrected chi connectivity index (χ0v) is 9.85. The lowest BCUT2D eigenvalue weighted by Gasteiger charge is -2.26. The Labute approximate surface area is 102 Å². The first kappa shape index (κ1) is 11.9. The Morgan fingerprint density at radius 1 is 1.29 bits per heavy atom. The largest absolute Gasteiger partial charge is 0.491 e. The highest BCUT2D eigenvalue weighted by Crippen LogP contribution is 2.16. The van der Waals surface area contributed by atoms with Crippen LogP contribution in [-0.4, -0.2) is 44.2 Å². The summed E-state index contributed by atoms with van der Waals surface area (Å²) in [6, 6.07) is 9.50. The molecule has 0 radical (unpaired) electrons. The molecular weight excluding hydrogens is 214 g/mol. The van der Waals surface area contributed by atoms with Crippen molar-refractivity contribution in [2.75, 3.05) is 39.3 Å². The minimum absolute atomic E-state index is 0.604. The highest BCUT2D eigenvalue weighted by molar-refractivity contribution is 5.42. The molecule has 0 atom stereocenters. The van der Waals surface area contributed by atoms with Crippen LogP contribution in [0.2, 0.25) is 0 Å². The van der Waals surface area contributed by atoms with E-state index in [1.807, 2.05) is 18.2 Å². The van der Waals surface area contributed by atoms with Crippen LogP contribution in [0.5, 0.6) is 5.75 Å². The van der Waals surface area contributed by atoms with Gasteiger partial charge in [-0.2, -0.15) is 5.26 Å². The van der Waals surface area contributed by atoms with Gasteiger partial charge in [0.15, 0.2) is 0 Å². The van der Waals surface area contributed by atoms with Crippen LogP contribution >= 0.6 is 0 Å². The molecule has 1 N–H and O–H groups in total. The zero-order chi connectivity index (χ0) is 11.9. The molecule has 1 saturated heterocycles. The number of para-hydroxylation sites is 1. The smallest absolute Gasteiger partial charge is 0.137 e. The average molecular weight is 231 g/mol. The summed E-state index contributed by atoms with van der Waals surface area (Å²) >= 11 is 0. The Hall–Kier alpha value is -1.57. The van der Waals surface area contributed by atoms with Gasteiger partial charge in [-0.3, -0.25) is 4.90 Å². The Balaban J connectivity index is 1.79. The van der Waals surface area contributed by atoms with Crippen molar-refractivity contribution in [2.24, 2.45) is 0 Å². The van der Waals surface area contributed by atoms with Gasteiger partial charge in [0.2, 0.25) is 0 Å². The van der Waals surface area contributed by atoms with Crippen molar-refractivity contribution in [3.63, 3.8) is 0 Å². The summed E-state index contributed by atoms with van der Waals surface area (Å²) in [5.41, 5.74) is 0.604. The van der Waals surface area contributed by atoms with E-state index in [-0.39, 0.29) is 0 Å². The predicted octanol–water partition coefficient (Wildman–Crippen LogP) is 0.842. The van der Waals surface area contributed by atoms with E-state index in [2.05, 4.69) is 16.3 Å². The van der Waals surface area contributed by atoms with Crippen molar-refractivity contribution in [1.82, 2.24) is 10.2 Å². The molecule has 1 aromatic rings. The molecule has 1 heterocycles. The number of rotatable bonds is 4. The Morgan fingerprint density at radius 2 is 2.06 bits per heavy atom. The molecule has 4 nitrogen and oxygen atoms in total. The molecule has 1 aliphatic heterocycles. The van der Waals surface area contributed by atoms with Gasteiger partial charge < -0.3 is 10.1 Å². The van der Waals surface area contributed by atoms with Crippen LogP contribution in [0.4, 0.5) is 0 Å². The number of ether oxygens (including phenoxy) is 1. The fraction of sp³-hybridized carbons (Fsp3) is 0.462. The Morgan fingerprint density at radius 3 is 2.82 bits per heavy atom. The third-order valence-electron chi connectivity index (χ3n) is 2.88. The summed E-state index contributed by atoms with van der Waals surface area (Å²) in [5, 5.41) is 12.2. The maximum absolute atomic E-state index is 8.92. The number of nitriles is 1. The molecule has 4 heteroatoms. The van der Waals surface area contributed by atoms with Crippen molar-refractivity contribution in [3.05, 3.63) is 29.8 Å². The first-order valence-electron chi connectivity index (χ1n) is 5.95. The van der Waals surface area contributed by atoms with Gasteiger partial charge in [0.25, 0.3) is 0 Å². The van der Waals surface area contributed by atoms with Crippen molar-refractivity contribution >= 4 is 0 Å². The summed E-state index contributed by atoms with van der Waals surface area (Å²) in [4.78, 5) is 2.37. The molecule has 17 heavy (non-hydrogen) atoms. The fourth-order valence-corrected chi connectivity index (χ4v) is 1.90. The molecule has 0 bridgehead atoms. The summed E-state index contributed by atoms with van der Waals surface area (Å²) in [7, 11) is 0. The fourth-order valence-electron chi connectivity index (χ4n) is 1.90. The SMILES string of the molecule is N#Cc1ccccc1OCCN1CCNCC1. The standard InChI is InChI=1S/C13H17N3O/c14-11-12-3-1-2-4-13(12)17-10-9-16-7-5-15-6-8-16/h1-4,15H,5-10H2. The number of nitrogens with zero attached hydrogens (tertiary/aromatic N) is 2. The maximum Gasteiger partial charge on any atom is 0.137 e. The van der Waals surface area contributed by atoms with E-state index >= 15 is 0 Å². The quantitative estimate of drug-likeness (QED) is 0.834. The van der Waals surface area contributed by atoms with Gasteiger partial charge in [-0.1, -0.05) is 12.1 Å². The van der Waals surface area contributed by atoms with E-state index in [0.717, 1.165) is 32.7 Å². The van der Waals surface area contributed by atoms with E-state index in [4.69, 9.17) is 10.00 Å². The Bertz CT molecular complexity index is 394. The first-order chi connectivity index (χ1) is 8.40. The molecule has 1 aromatic carbocycles. The Kier molecular flexibility index (Phi) is 4.37. The third-order valence-corrected chi connectivity index (χ3v) is 2.88. The second-order valence-corrected chi connectivity index (χ2v) is 4.05. The zero-order valence-electron chi connectivity index (χ0n) is 9.85. The number of nitrogens with one attached hydrogen (secondary N) is 1. The van der Waals surface area contributed by atoms with Gasteiger partial charge in [0.05, 0.1) is 5.56 Å². The molecule has 0 aliphatic carbocycles. The molecule has 90 valence electrons. The van der Waals surface area contributed by atoms with Crippen LogP contribution in [-0.2, 0) is 0 Å². The molecular formula is C13H17N3O. The highest BCUT2D eigenvalue weighted by Gasteiger charge is 2.09. The van der Waals surface area contributed by atoms with Crippen molar-refractivity contribution in [1.29, 1.82) is 5.26 Å². The summed E-state index contributed by atoms with van der Waals surface area (Å²) in [6.45, 7) is 5.80. The van der Waals surface area contributed by atoms with Gasteiger partial charge in [0, 0.05) is 32.7 Å². The summed E-state index contributed by atoms with van der Waals surface area (Å²) < 4.78 is 5.65. The molecule has 0 spiro atoms. The maximum atomic E-state index is 8.92. The van der Waals surface area contributed by atoms with Gasteiger partial charge >= 0.3 is 0 Å². The predicted molar refractivity (Wildman–Crippen MR) is 66.0 cm³/mol. The van der Waals surface area contributed by atoms with E-state index in [1.54, 1.807) is 6.07 Å². The highest BCUT2D eigenvalue weighted by atomic mass is 16.5. The molecule has 0 amide bonds. The second-order valence-electron chi connectivity index (χ2n) is 4.05. The van der Waals surface area contributed by atoms with Crippen LogP contribution in [0.25, 0.3) is 0 Å². The van der Waals surface area contributed by atoms with Gasteiger partial charge in [-0.05, 0) is 12.1 Å². The topological polar surface area (TPSA) is 48.3 Å². The van der Waals surface area contributed by atoms with E-state index < -0.39 is 0 Å². The molecule has 0 aromatic heterocycles. The van der Waals surface area contributed by atoms with Crippen LogP contribution in [0, 0.1) is 11.3 Å². The minimum Gasteiger partial charge on any atom is -0.491 e. The number of benzene rings is 1. The number of hydrogen-bond acceptors (Lipinski definition) is 4. The van der Waals surface area contributed by atoms with Crippen molar-refractivity contribution in [2.45, 2.75) is 0 Å². The average Bonchev–Trinajstić information content (AvgIpc) is 2.40. The monoisotopic (exact) mass is 231 g/mol. The van der Waals surface area contributed by atoms with Crippen LogP contribution in [0.1, 0.15) is 5.56 Å². The van der Waals surface area contributed by atoms with Gasteiger partial charge in [-0.25, -0.2) is 0 Å². The lowest BCUT2D eigenvalue weighted by Crippen LogP contribution is -2.44. The molecule has 0 saturated carbocycles. The number of hydrogen-bond donors (Lipinski definition) is 1. The summed E-state index contributed by atoms with van der Waals surface area (Å²) in [5.74, 6) is 0.685. The molecule has 1 aliphatic rings. The number of piperazine rings is 1. The minimum atomic E-state index is 0.604. The van der Waals surface area contributed by atoms with Crippen LogP contribution < -0.4 is 10.1 Å². The van der Waals surface area contributed by atoms with Crippen LogP contribution in [0.15, 0.2) is 24.3 Å². The molecule has 1 fully saturated rings. The second kappa shape index (κ2) is 6.24.